The maximum atomic E-state index is 13.4. The number of carbonyl (C=O) groups is 2. The summed E-state index contributed by atoms with van der Waals surface area (Å²) >= 11 is 3.20. The normalized spacial score (nSPS) is 11.0. The Bertz CT molecular complexity index is 1950. The van der Waals surface area contributed by atoms with Crippen LogP contribution in [0.1, 0.15) is 33.3 Å². The van der Waals surface area contributed by atoms with E-state index in [2.05, 4.69) is 48.5 Å². The average molecular weight is 705 g/mol. The number of halogens is 2. The van der Waals surface area contributed by atoms with Gasteiger partial charge in [-0.2, -0.15) is 5.10 Å². The number of hydrazone groups is 1. The van der Waals surface area contributed by atoms with Gasteiger partial charge in [-0.3, -0.25) is 19.7 Å². The van der Waals surface area contributed by atoms with Crippen molar-refractivity contribution >= 4 is 45.3 Å². The minimum Gasteiger partial charge on any atom is -0.486 e. The fourth-order valence-corrected chi connectivity index (χ4v) is 5.07. The monoisotopic (exact) mass is 703 g/mol. The minimum atomic E-state index is -0.689. The van der Waals surface area contributed by atoms with Crippen molar-refractivity contribution in [1.29, 1.82) is 0 Å². The molecule has 0 unspecified atom stereocenters. The number of aromatic nitrogens is 1. The second-order valence-corrected chi connectivity index (χ2v) is 11.1. The van der Waals surface area contributed by atoms with E-state index in [9.17, 15) is 24.1 Å². The second kappa shape index (κ2) is 14.6. The van der Waals surface area contributed by atoms with E-state index in [1.165, 1.54) is 36.4 Å². The van der Waals surface area contributed by atoms with Crippen LogP contribution in [0.2, 0.25) is 0 Å². The zero-order chi connectivity index (χ0) is 33.5. The standard InChI is InChI=1S/C33H27BrFN5O7/c1-20-6-7-21(2)39(20)26-8-10-27(11-9-26)45-18-28-12-13-30(47-28)33(42)38-36-17-22-14-23(34)15-29(40(43)44)32(22)46-19-31(41)37-25-5-3-4-24(35)16-25/h3-17H,18-19H2,1-2H3,(H,37,41)(H,38,42)/b36-17+. The predicted octanol–water partition coefficient (Wildman–Crippen LogP) is 6.86. The number of hydrogen-bond acceptors (Lipinski definition) is 8. The molecule has 2 heterocycles. The molecule has 12 nitrogen and oxygen atoms in total. The second-order valence-electron chi connectivity index (χ2n) is 10.1. The Morgan fingerprint density at radius 1 is 1.02 bits per heavy atom. The maximum Gasteiger partial charge on any atom is 0.312 e. The molecule has 2 N–H and O–H groups in total. The van der Waals surface area contributed by atoms with Gasteiger partial charge < -0.3 is 23.8 Å². The summed E-state index contributed by atoms with van der Waals surface area (Å²) < 4.78 is 32.8. The Labute approximate surface area is 276 Å². The molecule has 0 saturated heterocycles. The number of nitro benzene ring substituents is 1. The molecule has 2 amide bonds. The van der Waals surface area contributed by atoms with E-state index in [1.54, 1.807) is 6.07 Å². The van der Waals surface area contributed by atoms with E-state index in [4.69, 9.17) is 13.9 Å². The number of benzene rings is 3. The molecular weight excluding hydrogens is 677 g/mol. The van der Waals surface area contributed by atoms with E-state index in [0.717, 1.165) is 29.4 Å². The van der Waals surface area contributed by atoms with Crippen molar-refractivity contribution in [2.75, 3.05) is 11.9 Å². The first-order valence-electron chi connectivity index (χ1n) is 14.0. The topological polar surface area (TPSA) is 150 Å². The van der Waals surface area contributed by atoms with Gasteiger partial charge in [0.2, 0.25) is 5.75 Å². The van der Waals surface area contributed by atoms with Gasteiger partial charge >= 0.3 is 11.6 Å². The Hall–Kier alpha value is -5.76. The summed E-state index contributed by atoms with van der Waals surface area (Å²) in [6.07, 6.45) is 1.13. The summed E-state index contributed by atoms with van der Waals surface area (Å²) in [7, 11) is 0. The van der Waals surface area contributed by atoms with Crippen LogP contribution in [-0.2, 0) is 11.4 Å². The van der Waals surface area contributed by atoms with E-state index < -0.39 is 34.8 Å². The van der Waals surface area contributed by atoms with Crippen LogP contribution in [0.4, 0.5) is 15.8 Å². The molecule has 0 saturated carbocycles. The minimum absolute atomic E-state index is 0.0413. The molecule has 0 radical (unpaired) electrons. The van der Waals surface area contributed by atoms with Gasteiger partial charge in [-0.15, -0.1) is 0 Å². The summed E-state index contributed by atoms with van der Waals surface area (Å²) in [4.78, 5) is 36.1. The number of ether oxygens (including phenoxy) is 2. The van der Waals surface area contributed by atoms with Crippen LogP contribution in [0.5, 0.6) is 11.5 Å². The summed E-state index contributed by atoms with van der Waals surface area (Å²) in [5.41, 5.74) is 5.38. The third-order valence-corrected chi connectivity index (χ3v) is 7.18. The lowest BCUT2D eigenvalue weighted by molar-refractivity contribution is -0.385. The van der Waals surface area contributed by atoms with Crippen molar-refractivity contribution in [2.45, 2.75) is 20.5 Å². The molecule has 0 aliphatic heterocycles. The predicted molar refractivity (Wildman–Crippen MR) is 175 cm³/mol. The third-order valence-electron chi connectivity index (χ3n) is 6.72. The Morgan fingerprint density at radius 3 is 2.47 bits per heavy atom. The quantitative estimate of drug-likeness (QED) is 0.0819. The van der Waals surface area contributed by atoms with Crippen LogP contribution in [0, 0.1) is 29.8 Å². The molecule has 0 atom stereocenters. The lowest BCUT2D eigenvalue weighted by atomic mass is 10.2. The van der Waals surface area contributed by atoms with Crippen LogP contribution in [0.3, 0.4) is 0 Å². The molecule has 0 fully saturated rings. The molecule has 0 aliphatic rings. The van der Waals surface area contributed by atoms with Gasteiger partial charge in [0, 0.05) is 38.9 Å². The van der Waals surface area contributed by atoms with Gasteiger partial charge in [-0.25, -0.2) is 9.82 Å². The number of amides is 2. The number of nitrogens with one attached hydrogen (secondary N) is 2. The van der Waals surface area contributed by atoms with E-state index in [0.29, 0.717) is 16.0 Å². The van der Waals surface area contributed by atoms with Crippen molar-refractivity contribution in [2.24, 2.45) is 5.10 Å². The Morgan fingerprint density at radius 2 is 1.77 bits per heavy atom. The van der Waals surface area contributed by atoms with Crippen molar-refractivity contribution < 1.29 is 32.8 Å². The lowest BCUT2D eigenvalue weighted by Gasteiger charge is -2.11. The zero-order valence-corrected chi connectivity index (χ0v) is 26.6. The van der Waals surface area contributed by atoms with Crippen LogP contribution >= 0.6 is 15.9 Å². The van der Waals surface area contributed by atoms with Crippen molar-refractivity contribution in [1.82, 2.24) is 9.99 Å². The number of rotatable bonds is 12. The first-order chi connectivity index (χ1) is 22.6. The number of nitro groups is 1. The fourth-order valence-electron chi connectivity index (χ4n) is 4.60. The SMILES string of the molecule is Cc1ccc(C)n1-c1ccc(OCc2ccc(C(=O)N/N=C/c3cc(Br)cc([N+](=O)[O-])c3OCC(=O)Nc3cccc(F)c3)o2)cc1. The highest BCUT2D eigenvalue weighted by molar-refractivity contribution is 9.10. The van der Waals surface area contributed by atoms with Crippen molar-refractivity contribution in [3.63, 3.8) is 0 Å². The lowest BCUT2D eigenvalue weighted by Crippen LogP contribution is -2.21. The molecule has 240 valence electrons. The molecule has 5 rings (SSSR count). The summed E-state index contributed by atoms with van der Waals surface area (Å²) in [5.74, 6) is -1.20. The van der Waals surface area contributed by atoms with E-state index in [1.807, 2.05) is 38.1 Å². The van der Waals surface area contributed by atoms with Crippen molar-refractivity contribution in [3.8, 4) is 17.2 Å². The largest absolute Gasteiger partial charge is 0.486 e. The van der Waals surface area contributed by atoms with Crippen LogP contribution in [0.25, 0.3) is 5.69 Å². The number of furan rings is 1. The molecule has 47 heavy (non-hydrogen) atoms. The first kappa shape index (κ1) is 32.6. The summed E-state index contributed by atoms with van der Waals surface area (Å²) in [5, 5.41) is 18.1. The number of aryl methyl sites for hydroxylation is 2. The van der Waals surface area contributed by atoms with Gasteiger partial charge in [0.05, 0.1) is 11.1 Å². The maximum absolute atomic E-state index is 13.4. The summed E-state index contributed by atoms with van der Waals surface area (Å²) in [6.45, 7) is 3.52. The van der Waals surface area contributed by atoms with Gasteiger partial charge in [0.25, 0.3) is 5.91 Å². The van der Waals surface area contributed by atoms with Gasteiger partial charge in [-0.05, 0) is 86.6 Å². The van der Waals surface area contributed by atoms with Gasteiger partial charge in [0.15, 0.2) is 12.4 Å². The highest BCUT2D eigenvalue weighted by Crippen LogP contribution is 2.34. The third kappa shape index (κ3) is 8.29. The number of hydrogen-bond donors (Lipinski definition) is 2. The highest BCUT2D eigenvalue weighted by Gasteiger charge is 2.22. The fraction of sp³-hybridized carbons (Fsp3) is 0.121. The molecule has 3 aromatic carbocycles. The molecule has 2 aromatic heterocycles. The van der Waals surface area contributed by atoms with Crippen LogP contribution in [-0.4, -0.2) is 34.1 Å². The number of nitrogens with zero attached hydrogens (tertiary/aromatic N) is 3. The molecule has 0 spiro atoms. The Balaban J connectivity index is 1.19. The molecule has 14 heteroatoms. The van der Waals surface area contributed by atoms with Gasteiger partial charge in [-0.1, -0.05) is 22.0 Å². The molecule has 0 bridgehead atoms. The van der Waals surface area contributed by atoms with Crippen LogP contribution in [0.15, 0.2) is 98.9 Å². The highest BCUT2D eigenvalue weighted by atomic mass is 79.9. The zero-order valence-electron chi connectivity index (χ0n) is 25.0. The summed E-state index contributed by atoms with van der Waals surface area (Å²) in [6, 6.07) is 22.6. The average Bonchev–Trinajstić information content (AvgIpc) is 3.65. The van der Waals surface area contributed by atoms with Crippen molar-refractivity contribution in [3.05, 3.63) is 134 Å². The Kier molecular flexibility index (Phi) is 10.1. The van der Waals surface area contributed by atoms with Crippen LogP contribution < -0.4 is 20.2 Å². The smallest absolute Gasteiger partial charge is 0.312 e. The number of anilines is 1. The first-order valence-corrected chi connectivity index (χ1v) is 14.8. The van der Waals surface area contributed by atoms with E-state index >= 15 is 0 Å². The molecular formula is C33H27BrFN5O7. The van der Waals surface area contributed by atoms with Gasteiger partial charge in [0.1, 0.15) is 23.9 Å². The molecule has 5 aromatic rings. The van der Waals surface area contributed by atoms with E-state index in [-0.39, 0.29) is 29.4 Å². The molecule has 0 aliphatic carbocycles. The number of carbonyl (C=O) groups excluding carboxylic acids is 2.